The molecule has 2 fully saturated rings. The average Bonchev–Trinajstić information content (AvgIpc) is 3.48. The highest BCUT2D eigenvalue weighted by Gasteiger charge is 2.32. The normalized spacial score (nSPS) is 20.0. The summed E-state index contributed by atoms with van der Waals surface area (Å²) in [7, 11) is 1.78. The van der Waals surface area contributed by atoms with Crippen molar-refractivity contribution in [3.63, 3.8) is 0 Å². The van der Waals surface area contributed by atoms with Gasteiger partial charge in [0.15, 0.2) is 5.96 Å². The number of rotatable bonds is 6. The van der Waals surface area contributed by atoms with Crippen LogP contribution in [-0.4, -0.2) is 56.1 Å². The fourth-order valence-corrected chi connectivity index (χ4v) is 4.55. The second kappa shape index (κ2) is 9.83. The SMILES string of the molecule is CN=C(NCCOc1cccc2ccccc12)NC1CCN(C(=O)C2CCCC2)C1. The molecule has 2 aliphatic rings. The van der Waals surface area contributed by atoms with Crippen LogP contribution >= 0.6 is 0 Å². The second-order valence-corrected chi connectivity index (χ2v) is 8.22. The summed E-state index contributed by atoms with van der Waals surface area (Å²) in [6.07, 6.45) is 5.49. The Labute approximate surface area is 178 Å². The maximum atomic E-state index is 12.6. The molecule has 2 aromatic rings. The van der Waals surface area contributed by atoms with Gasteiger partial charge in [0.1, 0.15) is 12.4 Å². The molecule has 1 aliphatic heterocycles. The fraction of sp³-hybridized carbons (Fsp3) is 0.500. The Morgan fingerprint density at radius 3 is 2.77 bits per heavy atom. The number of ether oxygens (including phenoxy) is 1. The van der Waals surface area contributed by atoms with Crippen molar-refractivity contribution in [1.82, 2.24) is 15.5 Å². The summed E-state index contributed by atoms with van der Waals surface area (Å²) in [5, 5.41) is 9.09. The van der Waals surface area contributed by atoms with Crippen LogP contribution in [0.3, 0.4) is 0 Å². The van der Waals surface area contributed by atoms with Crippen LogP contribution in [-0.2, 0) is 4.79 Å². The van der Waals surface area contributed by atoms with Gasteiger partial charge in [-0.05, 0) is 30.7 Å². The lowest BCUT2D eigenvalue weighted by Gasteiger charge is -2.21. The largest absolute Gasteiger partial charge is 0.491 e. The average molecular weight is 409 g/mol. The number of amides is 1. The molecule has 160 valence electrons. The van der Waals surface area contributed by atoms with Crippen LogP contribution in [0.4, 0.5) is 0 Å². The first-order valence-electron chi connectivity index (χ1n) is 11.1. The lowest BCUT2D eigenvalue weighted by atomic mass is 10.1. The van der Waals surface area contributed by atoms with E-state index in [4.69, 9.17) is 4.74 Å². The van der Waals surface area contributed by atoms with E-state index < -0.39 is 0 Å². The van der Waals surface area contributed by atoms with E-state index >= 15 is 0 Å². The van der Waals surface area contributed by atoms with Gasteiger partial charge in [0.2, 0.25) is 5.91 Å². The number of aliphatic imine (C=N–C) groups is 1. The number of nitrogens with one attached hydrogen (secondary N) is 2. The van der Waals surface area contributed by atoms with Gasteiger partial charge in [-0.25, -0.2) is 0 Å². The summed E-state index contributed by atoms with van der Waals surface area (Å²) in [5.74, 6) is 2.27. The Bertz CT molecular complexity index is 886. The van der Waals surface area contributed by atoms with Gasteiger partial charge in [-0.2, -0.15) is 0 Å². The summed E-state index contributed by atoms with van der Waals surface area (Å²) < 4.78 is 5.99. The zero-order valence-electron chi connectivity index (χ0n) is 17.8. The lowest BCUT2D eigenvalue weighted by molar-refractivity contribution is -0.134. The van der Waals surface area contributed by atoms with E-state index in [1.54, 1.807) is 7.05 Å². The van der Waals surface area contributed by atoms with E-state index in [1.807, 2.05) is 29.2 Å². The van der Waals surface area contributed by atoms with Crippen LogP contribution in [0.15, 0.2) is 47.5 Å². The molecule has 1 saturated heterocycles. The highest BCUT2D eigenvalue weighted by molar-refractivity contribution is 5.88. The Balaban J connectivity index is 1.21. The molecule has 4 rings (SSSR count). The van der Waals surface area contributed by atoms with Gasteiger partial charge in [-0.1, -0.05) is 49.2 Å². The van der Waals surface area contributed by atoms with E-state index in [2.05, 4.69) is 33.8 Å². The van der Waals surface area contributed by atoms with Crippen LogP contribution in [0.2, 0.25) is 0 Å². The van der Waals surface area contributed by atoms with E-state index in [1.165, 1.54) is 18.2 Å². The highest BCUT2D eigenvalue weighted by atomic mass is 16.5. The molecular formula is C24H32N4O2. The van der Waals surface area contributed by atoms with Crippen molar-refractivity contribution in [2.24, 2.45) is 10.9 Å². The van der Waals surface area contributed by atoms with Crippen molar-refractivity contribution in [2.45, 2.75) is 38.1 Å². The molecule has 1 unspecified atom stereocenters. The molecule has 1 amide bonds. The van der Waals surface area contributed by atoms with Gasteiger partial charge >= 0.3 is 0 Å². The third-order valence-corrected chi connectivity index (χ3v) is 6.17. The number of guanidine groups is 1. The summed E-state index contributed by atoms with van der Waals surface area (Å²) in [4.78, 5) is 19.0. The number of carbonyl (C=O) groups excluding carboxylic acids is 1. The van der Waals surface area contributed by atoms with Crippen LogP contribution in [0.25, 0.3) is 10.8 Å². The third kappa shape index (κ3) is 4.86. The predicted molar refractivity (Wildman–Crippen MR) is 121 cm³/mol. The first-order valence-corrected chi connectivity index (χ1v) is 11.1. The maximum absolute atomic E-state index is 12.6. The molecule has 2 aromatic carbocycles. The molecule has 0 aromatic heterocycles. The van der Waals surface area contributed by atoms with E-state index in [-0.39, 0.29) is 12.0 Å². The van der Waals surface area contributed by atoms with Crippen LogP contribution in [0.5, 0.6) is 5.75 Å². The number of fused-ring (bicyclic) bond motifs is 1. The maximum Gasteiger partial charge on any atom is 0.225 e. The predicted octanol–water partition coefficient (Wildman–Crippen LogP) is 3.17. The fourth-order valence-electron chi connectivity index (χ4n) is 4.55. The van der Waals surface area contributed by atoms with Crippen molar-refractivity contribution in [1.29, 1.82) is 0 Å². The van der Waals surface area contributed by atoms with Crippen molar-refractivity contribution in [3.8, 4) is 5.75 Å². The Morgan fingerprint density at radius 2 is 1.93 bits per heavy atom. The summed E-state index contributed by atoms with van der Waals surface area (Å²) in [6, 6.07) is 14.6. The molecule has 2 N–H and O–H groups in total. The second-order valence-electron chi connectivity index (χ2n) is 8.22. The minimum absolute atomic E-state index is 0.250. The van der Waals surface area contributed by atoms with Gasteiger partial charge in [0, 0.05) is 37.5 Å². The highest BCUT2D eigenvalue weighted by Crippen LogP contribution is 2.28. The Morgan fingerprint density at radius 1 is 1.13 bits per heavy atom. The van der Waals surface area contributed by atoms with Gasteiger partial charge in [-0.15, -0.1) is 0 Å². The zero-order valence-corrected chi connectivity index (χ0v) is 17.8. The van der Waals surface area contributed by atoms with Crippen molar-refractivity contribution < 1.29 is 9.53 Å². The number of hydrogen-bond acceptors (Lipinski definition) is 3. The van der Waals surface area contributed by atoms with Crippen LogP contribution in [0, 0.1) is 5.92 Å². The van der Waals surface area contributed by atoms with Crippen molar-refractivity contribution >= 4 is 22.6 Å². The minimum atomic E-state index is 0.250. The van der Waals surface area contributed by atoms with E-state index in [0.29, 0.717) is 19.1 Å². The summed E-state index contributed by atoms with van der Waals surface area (Å²) in [6.45, 7) is 2.81. The smallest absolute Gasteiger partial charge is 0.225 e. The number of likely N-dealkylation sites (tertiary alicyclic amines) is 1. The van der Waals surface area contributed by atoms with Gasteiger partial charge in [0.05, 0.1) is 6.54 Å². The number of benzene rings is 2. The standard InChI is InChI=1S/C24H32N4O2/c1-25-24(27-20-13-15-28(17-20)23(29)19-8-2-3-9-19)26-14-16-30-22-12-6-10-18-7-4-5-11-21(18)22/h4-7,10-12,19-20H,2-3,8-9,13-17H2,1H3,(H2,25,26,27). The van der Waals surface area contributed by atoms with Crippen LogP contribution in [0.1, 0.15) is 32.1 Å². The molecule has 30 heavy (non-hydrogen) atoms. The molecular weight excluding hydrogens is 376 g/mol. The monoisotopic (exact) mass is 408 g/mol. The topological polar surface area (TPSA) is 66.0 Å². The summed E-state index contributed by atoms with van der Waals surface area (Å²) >= 11 is 0. The molecule has 0 spiro atoms. The van der Waals surface area contributed by atoms with Gasteiger partial charge in [-0.3, -0.25) is 9.79 Å². The first-order chi connectivity index (χ1) is 14.7. The Hall–Kier alpha value is -2.76. The zero-order chi connectivity index (χ0) is 20.8. The molecule has 1 heterocycles. The lowest BCUT2D eigenvalue weighted by Crippen LogP contribution is -2.46. The first kappa shape index (κ1) is 20.5. The third-order valence-electron chi connectivity index (χ3n) is 6.17. The molecule has 6 heteroatoms. The van der Waals surface area contributed by atoms with Crippen molar-refractivity contribution in [2.75, 3.05) is 33.3 Å². The Kier molecular flexibility index (Phi) is 6.72. The molecule has 1 aliphatic carbocycles. The molecule has 0 bridgehead atoms. The summed E-state index contributed by atoms with van der Waals surface area (Å²) in [5.41, 5.74) is 0. The van der Waals surface area contributed by atoms with E-state index in [9.17, 15) is 4.79 Å². The van der Waals surface area contributed by atoms with Gasteiger partial charge < -0.3 is 20.3 Å². The number of carbonyl (C=O) groups is 1. The minimum Gasteiger partial charge on any atom is -0.491 e. The molecule has 6 nitrogen and oxygen atoms in total. The van der Waals surface area contributed by atoms with E-state index in [0.717, 1.165) is 49.4 Å². The molecule has 1 atom stereocenters. The number of nitrogens with zero attached hydrogens (tertiary/aromatic N) is 2. The van der Waals surface area contributed by atoms with Crippen molar-refractivity contribution in [3.05, 3.63) is 42.5 Å². The molecule has 1 saturated carbocycles. The number of hydrogen-bond donors (Lipinski definition) is 2. The van der Waals surface area contributed by atoms with Crippen LogP contribution < -0.4 is 15.4 Å². The molecule has 0 radical (unpaired) electrons. The quantitative estimate of drug-likeness (QED) is 0.438. The van der Waals surface area contributed by atoms with Gasteiger partial charge in [0.25, 0.3) is 0 Å².